The Morgan fingerprint density at radius 3 is 1.86 bits per heavy atom. The Bertz CT molecular complexity index is 26.9. The minimum atomic E-state index is -1.38. The second-order valence-corrected chi connectivity index (χ2v) is 1.33. The molecule has 1 atom stereocenters. The Labute approximate surface area is 52.0 Å². The van der Waals surface area contributed by atoms with E-state index in [2.05, 4.69) is 11.6 Å². The molecule has 1 nitrogen and oxygen atoms in total. The highest BCUT2D eigenvalue weighted by Gasteiger charge is 1.91. The first-order chi connectivity index (χ1) is 3.27. The first-order valence-electron chi connectivity index (χ1n) is 1.56. The van der Waals surface area contributed by atoms with Gasteiger partial charge in [0.15, 0.2) is 5.63 Å². The number of hydrogen-bond donors (Lipinski definition) is 1. The van der Waals surface area contributed by atoms with Crippen LogP contribution in [0.3, 0.4) is 0 Å². The summed E-state index contributed by atoms with van der Waals surface area (Å²) in [5.74, 6) is -0.123. The van der Waals surface area contributed by atoms with Gasteiger partial charge >= 0.3 is 0 Å². The first-order valence-corrected chi connectivity index (χ1v) is 2.53. The summed E-state index contributed by atoms with van der Waals surface area (Å²) in [5.41, 5.74) is -1.38. The van der Waals surface area contributed by atoms with Crippen molar-refractivity contribution in [2.24, 2.45) is 0 Å². The van der Waals surface area contributed by atoms with E-state index in [0.717, 1.165) is 7.11 Å². The molecule has 0 aromatic rings. The Balaban J connectivity index is 0. The quantitative estimate of drug-likeness (QED) is 0.558. The highest BCUT2D eigenvalue weighted by Crippen LogP contribution is 1.96. The highest BCUT2D eigenvalue weighted by molar-refractivity contribution is 6.27. The van der Waals surface area contributed by atoms with E-state index in [1.807, 2.05) is 0 Å². The van der Waals surface area contributed by atoms with E-state index in [1.54, 1.807) is 0 Å². The largest absolute Gasteiger partial charge is 0.400 e. The molecule has 0 aliphatic rings. The summed E-state index contributed by atoms with van der Waals surface area (Å²) in [6.07, 6.45) is 0. The maximum absolute atomic E-state index is 11.1. The van der Waals surface area contributed by atoms with Crippen molar-refractivity contribution in [1.29, 1.82) is 0 Å². The molecule has 7 heavy (non-hydrogen) atoms. The molecule has 0 spiro atoms. The number of hydrogen-bond acceptors (Lipinski definition) is 1. The predicted octanol–water partition coefficient (Wildman–Crippen LogP) is 1.37. The summed E-state index contributed by atoms with van der Waals surface area (Å²) in [6.45, 7) is 0. The molecule has 0 saturated heterocycles. The zero-order valence-electron chi connectivity index (χ0n) is 3.87. The maximum Gasteiger partial charge on any atom is 0.186 e. The summed E-state index contributed by atoms with van der Waals surface area (Å²) >= 11 is 9.49. The Hall–Kier alpha value is 0.470. The number of rotatable bonds is 1. The van der Waals surface area contributed by atoms with Crippen molar-refractivity contribution >= 4 is 23.2 Å². The van der Waals surface area contributed by atoms with Crippen LogP contribution in [0.1, 0.15) is 0 Å². The monoisotopic (exact) mass is 148 g/mol. The standard InChI is InChI=1S/C2H3Cl2F.CH4O/c3-1-2(4)5;1-2/h2H,1H2;2H,1H3. The highest BCUT2D eigenvalue weighted by atomic mass is 35.5. The van der Waals surface area contributed by atoms with Gasteiger partial charge in [0.2, 0.25) is 0 Å². The second kappa shape index (κ2) is 9.69. The predicted molar refractivity (Wildman–Crippen MR) is 29.6 cm³/mol. The fourth-order valence-corrected chi connectivity index (χ4v) is 0. The van der Waals surface area contributed by atoms with Gasteiger partial charge in [-0.05, 0) is 0 Å². The summed E-state index contributed by atoms with van der Waals surface area (Å²) < 4.78 is 11.1. The lowest BCUT2D eigenvalue weighted by Crippen LogP contribution is -1.84. The molecule has 0 bridgehead atoms. The van der Waals surface area contributed by atoms with Crippen molar-refractivity contribution in [2.75, 3.05) is 13.0 Å². The van der Waals surface area contributed by atoms with Crippen LogP contribution in [-0.4, -0.2) is 23.7 Å². The van der Waals surface area contributed by atoms with Crippen molar-refractivity contribution in [3.8, 4) is 0 Å². The summed E-state index contributed by atoms with van der Waals surface area (Å²) in [7, 11) is 1.00. The van der Waals surface area contributed by atoms with Gasteiger partial charge in [-0.1, -0.05) is 11.6 Å². The SMILES string of the molecule is CO.FC(Cl)CCl. The first kappa shape index (κ1) is 10.5. The van der Waals surface area contributed by atoms with E-state index < -0.39 is 5.63 Å². The maximum atomic E-state index is 11.1. The van der Waals surface area contributed by atoms with E-state index in [9.17, 15) is 4.39 Å². The van der Waals surface area contributed by atoms with Gasteiger partial charge in [0.05, 0.1) is 5.88 Å². The van der Waals surface area contributed by atoms with Crippen LogP contribution < -0.4 is 0 Å². The second-order valence-electron chi connectivity index (χ2n) is 0.545. The van der Waals surface area contributed by atoms with Gasteiger partial charge in [-0.15, -0.1) is 11.6 Å². The molecular formula is C3H7Cl2FO. The van der Waals surface area contributed by atoms with Gasteiger partial charge in [-0.25, -0.2) is 4.39 Å². The molecule has 1 unspecified atom stereocenters. The zero-order chi connectivity index (χ0) is 6.28. The fraction of sp³-hybridized carbons (Fsp3) is 1.00. The van der Waals surface area contributed by atoms with Crippen LogP contribution in [0.2, 0.25) is 0 Å². The van der Waals surface area contributed by atoms with E-state index >= 15 is 0 Å². The summed E-state index contributed by atoms with van der Waals surface area (Å²) in [4.78, 5) is 0. The van der Waals surface area contributed by atoms with Gasteiger partial charge in [-0.2, -0.15) is 0 Å². The zero-order valence-corrected chi connectivity index (χ0v) is 5.38. The van der Waals surface area contributed by atoms with Gasteiger partial charge in [0.25, 0.3) is 0 Å². The lowest BCUT2D eigenvalue weighted by atomic mass is 10.9. The molecule has 0 rings (SSSR count). The van der Waals surface area contributed by atoms with Gasteiger partial charge in [0.1, 0.15) is 0 Å². The van der Waals surface area contributed by atoms with Crippen molar-refractivity contribution in [2.45, 2.75) is 5.63 Å². The van der Waals surface area contributed by atoms with Crippen LogP contribution in [-0.2, 0) is 0 Å². The van der Waals surface area contributed by atoms with Crippen molar-refractivity contribution in [1.82, 2.24) is 0 Å². The molecule has 0 saturated carbocycles. The fourth-order valence-electron chi connectivity index (χ4n) is 0. The molecule has 46 valence electrons. The van der Waals surface area contributed by atoms with E-state index in [1.165, 1.54) is 0 Å². The van der Waals surface area contributed by atoms with Crippen molar-refractivity contribution < 1.29 is 9.50 Å². The number of halogens is 3. The van der Waals surface area contributed by atoms with E-state index in [4.69, 9.17) is 16.7 Å². The molecule has 0 aromatic heterocycles. The molecule has 0 amide bonds. The third kappa shape index (κ3) is 21.2. The molecule has 0 fully saturated rings. The minimum Gasteiger partial charge on any atom is -0.400 e. The number of alkyl halides is 3. The van der Waals surface area contributed by atoms with Crippen LogP contribution in [0.4, 0.5) is 4.39 Å². The lowest BCUT2D eigenvalue weighted by molar-refractivity contribution is 0.399. The molecule has 1 N–H and O–H groups in total. The summed E-state index contributed by atoms with van der Waals surface area (Å²) in [5, 5.41) is 7.00. The number of aliphatic hydroxyl groups is 1. The van der Waals surface area contributed by atoms with Crippen LogP contribution in [0.25, 0.3) is 0 Å². The van der Waals surface area contributed by atoms with Gasteiger partial charge in [-0.3, -0.25) is 0 Å². The third-order valence-corrected chi connectivity index (χ3v) is 0.700. The van der Waals surface area contributed by atoms with Crippen molar-refractivity contribution in [3.63, 3.8) is 0 Å². The topological polar surface area (TPSA) is 20.2 Å². The summed E-state index contributed by atoms with van der Waals surface area (Å²) in [6, 6.07) is 0. The van der Waals surface area contributed by atoms with E-state index in [0.29, 0.717) is 0 Å². The molecule has 0 heterocycles. The minimum absolute atomic E-state index is 0.123. The molecule has 0 aromatic carbocycles. The average molecular weight is 149 g/mol. The normalized spacial score (nSPS) is 11.6. The van der Waals surface area contributed by atoms with Gasteiger partial charge in [0, 0.05) is 7.11 Å². The Morgan fingerprint density at radius 1 is 1.71 bits per heavy atom. The molecule has 0 aliphatic heterocycles. The van der Waals surface area contributed by atoms with Gasteiger partial charge < -0.3 is 5.11 Å². The Kier molecular flexibility index (Phi) is 14.5. The molecular weight excluding hydrogens is 142 g/mol. The van der Waals surface area contributed by atoms with Crippen LogP contribution in [0.5, 0.6) is 0 Å². The van der Waals surface area contributed by atoms with Crippen molar-refractivity contribution in [3.05, 3.63) is 0 Å². The Morgan fingerprint density at radius 2 is 1.86 bits per heavy atom. The van der Waals surface area contributed by atoms with Crippen LogP contribution >= 0.6 is 23.2 Å². The number of aliphatic hydroxyl groups excluding tert-OH is 1. The molecule has 4 heteroatoms. The van der Waals surface area contributed by atoms with Crippen LogP contribution in [0.15, 0.2) is 0 Å². The molecule has 0 radical (unpaired) electrons. The average Bonchev–Trinajstić information content (AvgIpc) is 1.73. The lowest BCUT2D eigenvalue weighted by Gasteiger charge is -1.81. The third-order valence-electron chi connectivity index (χ3n) is 0.117. The van der Waals surface area contributed by atoms with Crippen LogP contribution in [0, 0.1) is 0 Å². The smallest absolute Gasteiger partial charge is 0.186 e. The van der Waals surface area contributed by atoms with E-state index in [-0.39, 0.29) is 5.88 Å². The molecule has 0 aliphatic carbocycles.